The first-order valence-corrected chi connectivity index (χ1v) is 6.97. The van der Waals surface area contributed by atoms with Gasteiger partial charge in [-0.3, -0.25) is 4.79 Å². The molecule has 22 heavy (non-hydrogen) atoms. The van der Waals surface area contributed by atoms with Crippen molar-refractivity contribution in [2.24, 2.45) is 5.10 Å². The van der Waals surface area contributed by atoms with E-state index < -0.39 is 0 Å². The van der Waals surface area contributed by atoms with Crippen LogP contribution in [0.15, 0.2) is 47.6 Å². The zero-order valence-electron chi connectivity index (χ0n) is 12.5. The standard InChI is InChI=1S/C17H18N2O3/c1-3-15(14-10-11(2)4-9-16(14)21)18-19-17(22)12-5-7-13(20)8-6-12/h4-10,20-21H,3H2,1-2H3,(H,19,22)/b18-15+. The Morgan fingerprint density at radius 3 is 2.45 bits per heavy atom. The highest BCUT2D eigenvalue weighted by Gasteiger charge is 2.09. The number of phenols is 2. The molecule has 0 spiro atoms. The Morgan fingerprint density at radius 1 is 1.14 bits per heavy atom. The molecule has 114 valence electrons. The molecule has 0 atom stereocenters. The number of carbonyl (C=O) groups excluding carboxylic acids is 1. The molecule has 0 aliphatic rings. The smallest absolute Gasteiger partial charge is 0.271 e. The van der Waals surface area contributed by atoms with Crippen LogP contribution in [0.2, 0.25) is 0 Å². The number of aromatic hydroxyl groups is 2. The summed E-state index contributed by atoms with van der Waals surface area (Å²) in [4.78, 5) is 12.0. The fourth-order valence-electron chi connectivity index (χ4n) is 2.01. The Morgan fingerprint density at radius 2 is 1.82 bits per heavy atom. The average Bonchev–Trinajstić information content (AvgIpc) is 2.51. The summed E-state index contributed by atoms with van der Waals surface area (Å²) in [6.07, 6.45) is 0.562. The highest BCUT2D eigenvalue weighted by atomic mass is 16.3. The Kier molecular flexibility index (Phi) is 4.78. The quantitative estimate of drug-likeness (QED) is 0.599. The third-order valence-corrected chi connectivity index (χ3v) is 3.22. The van der Waals surface area contributed by atoms with E-state index >= 15 is 0 Å². The van der Waals surface area contributed by atoms with Crippen LogP contribution in [-0.2, 0) is 0 Å². The Labute approximate surface area is 128 Å². The first kappa shape index (κ1) is 15.6. The second-order valence-electron chi connectivity index (χ2n) is 4.92. The van der Waals surface area contributed by atoms with Crippen LogP contribution in [0.1, 0.15) is 34.8 Å². The maximum atomic E-state index is 12.0. The van der Waals surface area contributed by atoms with Crippen molar-refractivity contribution in [1.82, 2.24) is 5.43 Å². The Hall–Kier alpha value is -2.82. The topological polar surface area (TPSA) is 81.9 Å². The number of rotatable bonds is 4. The van der Waals surface area contributed by atoms with E-state index in [1.165, 1.54) is 24.3 Å². The number of nitrogens with zero attached hydrogens (tertiary/aromatic N) is 1. The van der Waals surface area contributed by atoms with Crippen molar-refractivity contribution in [1.29, 1.82) is 0 Å². The number of amides is 1. The van der Waals surface area contributed by atoms with Crippen LogP contribution in [-0.4, -0.2) is 21.8 Å². The minimum absolute atomic E-state index is 0.0963. The molecule has 0 saturated heterocycles. The van der Waals surface area contributed by atoms with Gasteiger partial charge < -0.3 is 10.2 Å². The fraction of sp³-hybridized carbons (Fsp3) is 0.176. The summed E-state index contributed by atoms with van der Waals surface area (Å²) in [5.74, 6) is -0.151. The molecule has 2 aromatic rings. The summed E-state index contributed by atoms with van der Waals surface area (Å²) < 4.78 is 0. The van der Waals surface area contributed by atoms with Gasteiger partial charge in [-0.1, -0.05) is 18.6 Å². The van der Waals surface area contributed by atoms with Crippen LogP contribution in [0, 0.1) is 6.92 Å². The number of benzene rings is 2. The van der Waals surface area contributed by atoms with Gasteiger partial charge in [0, 0.05) is 11.1 Å². The van der Waals surface area contributed by atoms with Crippen LogP contribution >= 0.6 is 0 Å². The number of aryl methyl sites for hydroxylation is 1. The minimum atomic E-state index is -0.377. The van der Waals surface area contributed by atoms with E-state index in [0.29, 0.717) is 23.3 Å². The molecular formula is C17H18N2O3. The maximum Gasteiger partial charge on any atom is 0.271 e. The summed E-state index contributed by atoms with van der Waals surface area (Å²) in [7, 11) is 0. The van der Waals surface area contributed by atoms with Gasteiger partial charge in [0.1, 0.15) is 11.5 Å². The van der Waals surface area contributed by atoms with E-state index in [0.717, 1.165) is 5.56 Å². The van der Waals surface area contributed by atoms with Gasteiger partial charge in [-0.25, -0.2) is 5.43 Å². The molecule has 0 aliphatic carbocycles. The molecule has 5 nitrogen and oxygen atoms in total. The summed E-state index contributed by atoms with van der Waals surface area (Å²) in [6.45, 7) is 3.82. The van der Waals surface area contributed by atoms with Crippen molar-refractivity contribution < 1.29 is 15.0 Å². The van der Waals surface area contributed by atoms with E-state index in [1.54, 1.807) is 12.1 Å². The number of hydrogen-bond donors (Lipinski definition) is 3. The lowest BCUT2D eigenvalue weighted by atomic mass is 10.0. The van der Waals surface area contributed by atoms with Gasteiger partial charge in [0.25, 0.3) is 5.91 Å². The van der Waals surface area contributed by atoms with Gasteiger partial charge in [0.05, 0.1) is 5.71 Å². The van der Waals surface area contributed by atoms with Gasteiger partial charge >= 0.3 is 0 Å². The van der Waals surface area contributed by atoms with Crippen molar-refractivity contribution in [3.8, 4) is 11.5 Å². The van der Waals surface area contributed by atoms with E-state index in [2.05, 4.69) is 10.5 Å². The number of carbonyl (C=O) groups is 1. The lowest BCUT2D eigenvalue weighted by Gasteiger charge is -2.08. The molecule has 2 aromatic carbocycles. The van der Waals surface area contributed by atoms with E-state index in [-0.39, 0.29) is 17.4 Å². The molecule has 2 rings (SSSR count). The molecule has 0 radical (unpaired) electrons. The first-order valence-electron chi connectivity index (χ1n) is 6.97. The second-order valence-corrected chi connectivity index (χ2v) is 4.92. The Balaban J connectivity index is 2.20. The summed E-state index contributed by atoms with van der Waals surface area (Å²) in [5, 5.41) is 23.2. The third-order valence-electron chi connectivity index (χ3n) is 3.22. The summed E-state index contributed by atoms with van der Waals surface area (Å²) in [6, 6.07) is 11.1. The van der Waals surface area contributed by atoms with Crippen LogP contribution < -0.4 is 5.43 Å². The minimum Gasteiger partial charge on any atom is -0.508 e. The number of hydrogen-bond acceptors (Lipinski definition) is 4. The zero-order chi connectivity index (χ0) is 16.1. The van der Waals surface area contributed by atoms with Gasteiger partial charge in [0.2, 0.25) is 0 Å². The van der Waals surface area contributed by atoms with Gasteiger partial charge in [0.15, 0.2) is 0 Å². The highest BCUT2D eigenvalue weighted by Crippen LogP contribution is 2.20. The van der Waals surface area contributed by atoms with Crippen LogP contribution in [0.4, 0.5) is 0 Å². The lowest BCUT2D eigenvalue weighted by Crippen LogP contribution is -2.20. The van der Waals surface area contributed by atoms with E-state index in [4.69, 9.17) is 0 Å². The van der Waals surface area contributed by atoms with Crippen LogP contribution in [0.25, 0.3) is 0 Å². The molecule has 0 unspecified atom stereocenters. The van der Waals surface area contributed by atoms with Crippen LogP contribution in [0.3, 0.4) is 0 Å². The van der Waals surface area contributed by atoms with Crippen molar-refractivity contribution in [3.63, 3.8) is 0 Å². The van der Waals surface area contributed by atoms with E-state index in [1.807, 2.05) is 19.9 Å². The van der Waals surface area contributed by atoms with Crippen molar-refractivity contribution in [3.05, 3.63) is 59.2 Å². The average molecular weight is 298 g/mol. The molecule has 0 saturated carbocycles. The lowest BCUT2D eigenvalue weighted by molar-refractivity contribution is 0.0955. The largest absolute Gasteiger partial charge is 0.508 e. The predicted octanol–water partition coefficient (Wildman–Crippen LogP) is 2.95. The molecule has 0 bridgehead atoms. The maximum absolute atomic E-state index is 12.0. The summed E-state index contributed by atoms with van der Waals surface area (Å²) in [5.41, 5.74) is 5.06. The predicted molar refractivity (Wildman–Crippen MR) is 85.2 cm³/mol. The van der Waals surface area contributed by atoms with Gasteiger partial charge in [-0.2, -0.15) is 5.10 Å². The molecule has 3 N–H and O–H groups in total. The van der Waals surface area contributed by atoms with Crippen molar-refractivity contribution in [2.45, 2.75) is 20.3 Å². The molecule has 0 aliphatic heterocycles. The van der Waals surface area contributed by atoms with E-state index in [9.17, 15) is 15.0 Å². The van der Waals surface area contributed by atoms with Crippen molar-refractivity contribution in [2.75, 3.05) is 0 Å². The molecule has 5 heteroatoms. The number of hydrazone groups is 1. The molecular weight excluding hydrogens is 280 g/mol. The molecule has 0 fully saturated rings. The first-order chi connectivity index (χ1) is 10.5. The second kappa shape index (κ2) is 6.76. The molecule has 0 heterocycles. The normalized spacial score (nSPS) is 11.3. The van der Waals surface area contributed by atoms with Crippen molar-refractivity contribution >= 4 is 11.6 Å². The van der Waals surface area contributed by atoms with Gasteiger partial charge in [-0.15, -0.1) is 0 Å². The zero-order valence-corrected chi connectivity index (χ0v) is 12.5. The SMILES string of the molecule is CC/C(=N\NC(=O)c1ccc(O)cc1)c1cc(C)ccc1O. The molecule has 1 amide bonds. The highest BCUT2D eigenvalue weighted by molar-refractivity contribution is 6.04. The molecule has 0 aromatic heterocycles. The number of nitrogens with one attached hydrogen (secondary N) is 1. The Bertz CT molecular complexity index is 706. The monoisotopic (exact) mass is 298 g/mol. The number of phenolic OH excluding ortho intramolecular Hbond substituents is 2. The fourth-order valence-corrected chi connectivity index (χ4v) is 2.01. The third kappa shape index (κ3) is 3.63. The summed E-state index contributed by atoms with van der Waals surface area (Å²) >= 11 is 0. The van der Waals surface area contributed by atoms with Crippen LogP contribution in [0.5, 0.6) is 11.5 Å². The van der Waals surface area contributed by atoms with Gasteiger partial charge in [-0.05, 0) is 49.7 Å².